The Bertz CT molecular complexity index is 381. The van der Waals surface area contributed by atoms with Crippen molar-refractivity contribution in [3.05, 3.63) is 30.1 Å². The van der Waals surface area contributed by atoms with Gasteiger partial charge >= 0.3 is 0 Å². The van der Waals surface area contributed by atoms with E-state index in [0.717, 1.165) is 25.2 Å². The number of pyridine rings is 1. The molecule has 0 aliphatic heterocycles. The van der Waals surface area contributed by atoms with Crippen LogP contribution in [0.5, 0.6) is 0 Å². The number of aliphatic imine (C=N–C) groups is 1. The van der Waals surface area contributed by atoms with Gasteiger partial charge in [0, 0.05) is 31.4 Å². The Morgan fingerprint density at radius 1 is 1.38 bits per heavy atom. The van der Waals surface area contributed by atoms with Gasteiger partial charge in [0.25, 0.3) is 0 Å². The maximum Gasteiger partial charge on any atom is 0.188 e. The molecule has 0 aliphatic rings. The van der Waals surface area contributed by atoms with Crippen molar-refractivity contribution in [3.8, 4) is 0 Å². The Kier molecular flexibility index (Phi) is 12.3. The second kappa shape index (κ2) is 12.9. The molecule has 1 aromatic heterocycles. The van der Waals surface area contributed by atoms with E-state index in [1.165, 1.54) is 25.7 Å². The van der Waals surface area contributed by atoms with Gasteiger partial charge < -0.3 is 11.1 Å². The highest BCUT2D eigenvalue weighted by Gasteiger charge is 2.04. The molecule has 0 bridgehead atoms. The van der Waals surface area contributed by atoms with Crippen molar-refractivity contribution in [1.29, 1.82) is 0 Å². The Balaban J connectivity index is 0.00000400. The summed E-state index contributed by atoms with van der Waals surface area (Å²) < 4.78 is 0. The average molecular weight is 404 g/mol. The lowest BCUT2D eigenvalue weighted by Gasteiger charge is -2.12. The summed E-state index contributed by atoms with van der Waals surface area (Å²) in [5.74, 6) is 1.21. The molecule has 0 saturated heterocycles. The zero-order valence-corrected chi connectivity index (χ0v) is 15.5. The molecule has 0 saturated carbocycles. The molecule has 1 rings (SSSR count). The number of hydrogen-bond donors (Lipinski definition) is 2. The number of rotatable bonds is 9. The minimum atomic E-state index is 0. The first-order chi connectivity index (χ1) is 9.76. The van der Waals surface area contributed by atoms with E-state index in [2.05, 4.69) is 29.1 Å². The van der Waals surface area contributed by atoms with Gasteiger partial charge in [-0.2, -0.15) is 0 Å². The van der Waals surface area contributed by atoms with Crippen molar-refractivity contribution >= 4 is 29.9 Å². The summed E-state index contributed by atoms with van der Waals surface area (Å²) in [7, 11) is 0. The number of unbranched alkanes of at least 4 members (excludes halogenated alkanes) is 1. The number of aromatic nitrogens is 1. The van der Waals surface area contributed by atoms with Gasteiger partial charge in [0.2, 0.25) is 0 Å². The van der Waals surface area contributed by atoms with Crippen LogP contribution in [0.4, 0.5) is 0 Å². The highest BCUT2D eigenvalue weighted by Crippen LogP contribution is 2.12. The van der Waals surface area contributed by atoms with E-state index in [1.54, 1.807) is 0 Å². The number of nitrogens with two attached hydrogens (primary N) is 1. The van der Waals surface area contributed by atoms with Crippen LogP contribution >= 0.6 is 24.0 Å². The molecule has 4 nitrogen and oxygen atoms in total. The Hall–Kier alpha value is -0.850. The Morgan fingerprint density at radius 3 is 2.81 bits per heavy atom. The van der Waals surface area contributed by atoms with E-state index in [4.69, 9.17) is 5.73 Å². The van der Waals surface area contributed by atoms with Gasteiger partial charge in [-0.3, -0.25) is 9.98 Å². The molecule has 0 fully saturated rings. The molecule has 120 valence electrons. The first kappa shape index (κ1) is 20.1. The molecule has 3 N–H and O–H groups in total. The molecule has 0 spiro atoms. The monoisotopic (exact) mass is 404 g/mol. The van der Waals surface area contributed by atoms with Crippen LogP contribution in [0.1, 0.15) is 45.2 Å². The zero-order chi connectivity index (χ0) is 14.6. The predicted octanol–water partition coefficient (Wildman–Crippen LogP) is 3.36. The van der Waals surface area contributed by atoms with Crippen molar-refractivity contribution in [2.45, 2.75) is 46.0 Å². The quantitative estimate of drug-likeness (QED) is 0.377. The zero-order valence-electron chi connectivity index (χ0n) is 13.2. The SMILES string of the molecule is CCCCC(CC)CN=C(N)NCCc1ccccn1.I. The maximum atomic E-state index is 5.89. The predicted molar refractivity (Wildman–Crippen MR) is 101 cm³/mol. The third-order valence-electron chi connectivity index (χ3n) is 3.48. The number of halogens is 1. The lowest BCUT2D eigenvalue weighted by Crippen LogP contribution is -2.33. The van der Waals surface area contributed by atoms with E-state index in [1.807, 2.05) is 24.4 Å². The van der Waals surface area contributed by atoms with E-state index >= 15 is 0 Å². The fourth-order valence-corrected chi connectivity index (χ4v) is 2.07. The number of guanidine groups is 1. The minimum absolute atomic E-state index is 0. The molecule has 1 aromatic rings. The Labute approximate surface area is 146 Å². The number of nitrogens with one attached hydrogen (secondary N) is 1. The second-order valence-corrected chi connectivity index (χ2v) is 5.14. The first-order valence-electron chi connectivity index (χ1n) is 7.70. The van der Waals surface area contributed by atoms with Crippen molar-refractivity contribution in [3.63, 3.8) is 0 Å². The summed E-state index contributed by atoms with van der Waals surface area (Å²) in [6.07, 6.45) is 7.62. The molecular formula is C16H29IN4. The van der Waals surface area contributed by atoms with Crippen LogP contribution < -0.4 is 11.1 Å². The van der Waals surface area contributed by atoms with Crippen LogP contribution in [0, 0.1) is 5.92 Å². The summed E-state index contributed by atoms with van der Waals surface area (Å²) in [6, 6.07) is 5.94. The first-order valence-corrected chi connectivity index (χ1v) is 7.70. The van der Waals surface area contributed by atoms with Crippen LogP contribution in [-0.4, -0.2) is 24.0 Å². The summed E-state index contributed by atoms with van der Waals surface area (Å²) >= 11 is 0. The highest BCUT2D eigenvalue weighted by atomic mass is 127. The van der Waals surface area contributed by atoms with E-state index in [0.29, 0.717) is 11.9 Å². The smallest absolute Gasteiger partial charge is 0.188 e. The van der Waals surface area contributed by atoms with E-state index in [-0.39, 0.29) is 24.0 Å². The van der Waals surface area contributed by atoms with Gasteiger partial charge in [0.1, 0.15) is 0 Å². The molecular weight excluding hydrogens is 375 g/mol. The molecule has 0 amide bonds. The van der Waals surface area contributed by atoms with Gasteiger partial charge in [0.15, 0.2) is 5.96 Å². The summed E-state index contributed by atoms with van der Waals surface area (Å²) in [5, 5.41) is 3.15. The highest BCUT2D eigenvalue weighted by molar-refractivity contribution is 14.0. The largest absolute Gasteiger partial charge is 0.370 e. The van der Waals surface area contributed by atoms with Crippen molar-refractivity contribution < 1.29 is 0 Å². The van der Waals surface area contributed by atoms with Gasteiger partial charge in [-0.15, -0.1) is 24.0 Å². The summed E-state index contributed by atoms with van der Waals surface area (Å²) in [6.45, 7) is 6.06. The average Bonchev–Trinajstić information content (AvgIpc) is 2.48. The normalized spacial score (nSPS) is 12.6. The third kappa shape index (κ3) is 9.66. The maximum absolute atomic E-state index is 5.89. The number of hydrogen-bond acceptors (Lipinski definition) is 2. The molecule has 0 aliphatic carbocycles. The molecule has 0 aromatic carbocycles. The van der Waals surface area contributed by atoms with Crippen molar-refractivity contribution in [2.75, 3.05) is 13.1 Å². The summed E-state index contributed by atoms with van der Waals surface area (Å²) in [5.41, 5.74) is 6.96. The second-order valence-electron chi connectivity index (χ2n) is 5.14. The molecule has 21 heavy (non-hydrogen) atoms. The lowest BCUT2D eigenvalue weighted by molar-refractivity contribution is 0.462. The lowest BCUT2D eigenvalue weighted by atomic mass is 10.00. The van der Waals surface area contributed by atoms with Crippen molar-refractivity contribution in [2.24, 2.45) is 16.6 Å². The van der Waals surface area contributed by atoms with Crippen LogP contribution in [0.25, 0.3) is 0 Å². The van der Waals surface area contributed by atoms with Gasteiger partial charge in [-0.25, -0.2) is 0 Å². The van der Waals surface area contributed by atoms with E-state index in [9.17, 15) is 0 Å². The minimum Gasteiger partial charge on any atom is -0.370 e. The van der Waals surface area contributed by atoms with Crippen molar-refractivity contribution in [1.82, 2.24) is 10.3 Å². The standard InChI is InChI=1S/C16H28N4.HI/c1-3-5-8-14(4-2)13-20-16(17)19-12-10-15-9-6-7-11-18-15;/h6-7,9,11,14H,3-5,8,10,12-13H2,1-2H3,(H3,17,19,20);1H. The van der Waals surface area contributed by atoms with Gasteiger partial charge in [-0.1, -0.05) is 39.2 Å². The van der Waals surface area contributed by atoms with Crippen LogP contribution in [0.3, 0.4) is 0 Å². The van der Waals surface area contributed by atoms with E-state index < -0.39 is 0 Å². The fraction of sp³-hybridized carbons (Fsp3) is 0.625. The van der Waals surface area contributed by atoms with Crippen LogP contribution in [0.15, 0.2) is 29.4 Å². The van der Waals surface area contributed by atoms with Crippen LogP contribution in [-0.2, 0) is 6.42 Å². The summed E-state index contributed by atoms with van der Waals surface area (Å²) in [4.78, 5) is 8.72. The molecule has 5 heteroatoms. The molecule has 1 unspecified atom stereocenters. The molecule has 1 atom stereocenters. The van der Waals surface area contributed by atoms with Gasteiger partial charge in [-0.05, 0) is 24.5 Å². The Morgan fingerprint density at radius 2 is 2.19 bits per heavy atom. The topological polar surface area (TPSA) is 63.3 Å². The fourth-order valence-electron chi connectivity index (χ4n) is 2.07. The molecule has 0 radical (unpaired) electrons. The molecule has 1 heterocycles. The third-order valence-corrected chi connectivity index (χ3v) is 3.48. The van der Waals surface area contributed by atoms with Gasteiger partial charge in [0.05, 0.1) is 0 Å². The number of nitrogens with zero attached hydrogens (tertiary/aromatic N) is 2. The van der Waals surface area contributed by atoms with Crippen LogP contribution in [0.2, 0.25) is 0 Å².